The van der Waals surface area contributed by atoms with E-state index < -0.39 is 23.7 Å². The van der Waals surface area contributed by atoms with E-state index in [1.165, 1.54) is 5.57 Å². The first kappa shape index (κ1) is 42.4. The SMILES string of the molecule is CC[C@H]1C[C@H](C)[C@@]2(NC1=O)O[C@@H](C[C@H](O)[C@@H](C)CC/C=C/C=C(\C)[C@@H](C)C/C=C/C=C/[C@H](O)[C@H](C)[C@@H]1O[C@](C)(OC)CC[C@@H]1C)[C@H](C)C=C2C. The molecule has 7 nitrogen and oxygen atoms in total. The lowest BCUT2D eigenvalue weighted by Gasteiger charge is -2.51. The van der Waals surface area contributed by atoms with Crippen molar-refractivity contribution in [3.63, 3.8) is 0 Å². The topological polar surface area (TPSA) is 97.3 Å². The van der Waals surface area contributed by atoms with Gasteiger partial charge in [0.2, 0.25) is 5.91 Å². The number of allylic oxidation sites excluding steroid dienone is 7. The van der Waals surface area contributed by atoms with E-state index in [0.29, 0.717) is 18.3 Å². The predicted octanol–water partition coefficient (Wildman–Crippen LogP) is 8.83. The van der Waals surface area contributed by atoms with Gasteiger partial charge in [-0.05, 0) is 82.6 Å². The van der Waals surface area contributed by atoms with Gasteiger partial charge >= 0.3 is 0 Å². The minimum absolute atomic E-state index is 0.0277. The maximum Gasteiger partial charge on any atom is 0.225 e. The minimum atomic E-state index is -0.766. The van der Waals surface area contributed by atoms with Crippen LogP contribution >= 0.6 is 0 Å². The summed E-state index contributed by atoms with van der Waals surface area (Å²) in [7, 11) is 1.69. The van der Waals surface area contributed by atoms with Gasteiger partial charge in [-0.25, -0.2) is 0 Å². The summed E-state index contributed by atoms with van der Waals surface area (Å²) in [5, 5.41) is 25.2. The Labute approximate surface area is 304 Å². The Hall–Kier alpha value is -2.03. The number of amides is 1. The molecule has 2 fully saturated rings. The first-order valence-electron chi connectivity index (χ1n) is 19.5. The Kier molecular flexibility index (Phi) is 16.2. The van der Waals surface area contributed by atoms with Crippen molar-refractivity contribution in [2.24, 2.45) is 41.4 Å². The number of ether oxygens (including phenoxy) is 3. The Balaban J connectivity index is 1.41. The molecule has 0 aliphatic carbocycles. The van der Waals surface area contributed by atoms with E-state index in [0.717, 1.165) is 50.5 Å². The molecule has 0 saturated carbocycles. The van der Waals surface area contributed by atoms with Crippen LogP contribution in [0.25, 0.3) is 0 Å². The number of aliphatic hydroxyl groups excluding tert-OH is 2. The molecule has 0 bridgehead atoms. The smallest absolute Gasteiger partial charge is 0.225 e. The van der Waals surface area contributed by atoms with Gasteiger partial charge in [-0.3, -0.25) is 4.79 Å². The van der Waals surface area contributed by atoms with E-state index in [2.05, 4.69) is 98.0 Å². The van der Waals surface area contributed by atoms with Crippen LogP contribution in [0.5, 0.6) is 0 Å². The zero-order valence-corrected chi connectivity index (χ0v) is 33.2. The molecule has 3 aliphatic rings. The lowest BCUT2D eigenvalue weighted by molar-refractivity contribution is -0.281. The van der Waals surface area contributed by atoms with E-state index in [1.807, 2.05) is 25.2 Å². The molecule has 3 rings (SSSR count). The summed E-state index contributed by atoms with van der Waals surface area (Å²) >= 11 is 0. The molecular weight excluding hydrogens is 626 g/mol. The third-order valence-electron chi connectivity index (χ3n) is 12.3. The molecule has 3 N–H and O–H groups in total. The molecule has 284 valence electrons. The third kappa shape index (κ3) is 11.0. The summed E-state index contributed by atoms with van der Waals surface area (Å²) in [5.41, 5.74) is 1.62. The summed E-state index contributed by atoms with van der Waals surface area (Å²) in [6.45, 7) is 21.2. The van der Waals surface area contributed by atoms with Crippen molar-refractivity contribution in [3.05, 3.63) is 59.8 Å². The van der Waals surface area contributed by atoms with E-state index in [-0.39, 0.29) is 47.7 Å². The average Bonchev–Trinajstić information content (AvgIpc) is 3.08. The van der Waals surface area contributed by atoms with E-state index in [1.54, 1.807) is 7.11 Å². The van der Waals surface area contributed by atoms with Gasteiger partial charge < -0.3 is 29.7 Å². The van der Waals surface area contributed by atoms with Crippen LogP contribution in [-0.4, -0.2) is 59.2 Å². The zero-order valence-electron chi connectivity index (χ0n) is 33.2. The number of hydrogen-bond donors (Lipinski definition) is 3. The molecule has 0 aromatic carbocycles. The van der Waals surface area contributed by atoms with Gasteiger partial charge in [-0.2, -0.15) is 0 Å². The quantitative estimate of drug-likeness (QED) is 0.110. The van der Waals surface area contributed by atoms with Crippen molar-refractivity contribution >= 4 is 5.91 Å². The lowest BCUT2D eigenvalue weighted by Crippen LogP contribution is -2.64. The normalized spacial score (nSPS) is 35.7. The van der Waals surface area contributed by atoms with Crippen LogP contribution in [0, 0.1) is 41.4 Å². The van der Waals surface area contributed by atoms with Crippen LogP contribution < -0.4 is 5.32 Å². The van der Waals surface area contributed by atoms with Crippen molar-refractivity contribution in [2.75, 3.05) is 7.11 Å². The molecule has 0 radical (unpaired) electrons. The number of aliphatic hydroxyl groups is 2. The molecule has 1 amide bonds. The zero-order chi connectivity index (χ0) is 37.2. The van der Waals surface area contributed by atoms with Crippen molar-refractivity contribution in [1.29, 1.82) is 0 Å². The first-order chi connectivity index (χ1) is 23.6. The van der Waals surface area contributed by atoms with Gasteiger partial charge in [0.25, 0.3) is 0 Å². The number of nitrogens with one attached hydrogen (secondary N) is 1. The van der Waals surface area contributed by atoms with E-state index in [9.17, 15) is 15.0 Å². The van der Waals surface area contributed by atoms with Crippen LogP contribution in [0.4, 0.5) is 0 Å². The Morgan fingerprint density at radius 3 is 2.52 bits per heavy atom. The Morgan fingerprint density at radius 2 is 1.84 bits per heavy atom. The molecule has 3 aliphatic heterocycles. The first-order valence-corrected chi connectivity index (χ1v) is 19.5. The molecular formula is C43H71NO6. The van der Waals surface area contributed by atoms with Gasteiger partial charge in [0, 0.05) is 43.6 Å². The maximum absolute atomic E-state index is 12.8. The van der Waals surface area contributed by atoms with Gasteiger partial charge in [-0.15, -0.1) is 0 Å². The highest BCUT2D eigenvalue weighted by atomic mass is 16.7. The van der Waals surface area contributed by atoms with Crippen LogP contribution in [-0.2, 0) is 19.0 Å². The number of hydrogen-bond acceptors (Lipinski definition) is 6. The second-order valence-electron chi connectivity index (χ2n) is 16.3. The number of piperidine rings is 1. The fourth-order valence-electron chi connectivity index (χ4n) is 7.91. The van der Waals surface area contributed by atoms with Crippen molar-refractivity contribution in [3.8, 4) is 0 Å². The second kappa shape index (κ2) is 19.2. The van der Waals surface area contributed by atoms with Gasteiger partial charge in [-0.1, -0.05) is 103 Å². The average molecular weight is 698 g/mol. The van der Waals surface area contributed by atoms with Crippen molar-refractivity contribution in [2.45, 2.75) is 157 Å². The van der Waals surface area contributed by atoms with Crippen LogP contribution in [0.3, 0.4) is 0 Å². The van der Waals surface area contributed by atoms with Crippen LogP contribution in [0.15, 0.2) is 59.8 Å². The fraction of sp³-hybridized carbons (Fsp3) is 0.744. The highest BCUT2D eigenvalue weighted by Gasteiger charge is 2.50. The minimum Gasteiger partial charge on any atom is -0.393 e. The number of rotatable bonds is 16. The molecule has 0 aromatic rings. The molecule has 13 atom stereocenters. The van der Waals surface area contributed by atoms with Crippen LogP contribution in [0.2, 0.25) is 0 Å². The summed E-state index contributed by atoms with van der Waals surface area (Å²) in [4.78, 5) is 12.8. The summed E-state index contributed by atoms with van der Waals surface area (Å²) < 4.78 is 18.6. The van der Waals surface area contributed by atoms with E-state index >= 15 is 0 Å². The molecule has 2 saturated heterocycles. The van der Waals surface area contributed by atoms with Gasteiger partial charge in [0.15, 0.2) is 11.5 Å². The molecule has 1 spiro atoms. The van der Waals surface area contributed by atoms with E-state index in [4.69, 9.17) is 14.2 Å². The number of carbonyl (C=O) groups excluding carboxylic acids is 1. The molecule has 7 heteroatoms. The second-order valence-corrected chi connectivity index (χ2v) is 16.3. The number of carbonyl (C=O) groups is 1. The highest BCUT2D eigenvalue weighted by Crippen LogP contribution is 2.43. The van der Waals surface area contributed by atoms with Crippen LogP contribution in [0.1, 0.15) is 121 Å². The summed E-state index contributed by atoms with van der Waals surface area (Å²) in [6, 6.07) is 0. The largest absolute Gasteiger partial charge is 0.393 e. The highest BCUT2D eigenvalue weighted by molar-refractivity contribution is 5.81. The lowest BCUT2D eigenvalue weighted by atomic mass is 9.75. The molecule has 50 heavy (non-hydrogen) atoms. The van der Waals surface area contributed by atoms with Gasteiger partial charge in [0.05, 0.1) is 24.4 Å². The fourth-order valence-corrected chi connectivity index (χ4v) is 7.91. The monoisotopic (exact) mass is 698 g/mol. The maximum atomic E-state index is 12.8. The predicted molar refractivity (Wildman–Crippen MR) is 204 cm³/mol. The Morgan fingerprint density at radius 1 is 1.12 bits per heavy atom. The molecule has 0 aromatic heterocycles. The van der Waals surface area contributed by atoms with Crippen molar-refractivity contribution < 1.29 is 29.2 Å². The Bertz CT molecular complexity index is 1240. The summed E-state index contributed by atoms with van der Waals surface area (Å²) in [6.07, 6.45) is 22.3. The van der Waals surface area contributed by atoms with Gasteiger partial charge in [0.1, 0.15) is 0 Å². The standard InChI is InChI=1S/C43H71NO6/c1-12-36-26-34(8)43(44-41(36)47)33(7)25-32(6)39(49-43)27-38(46)30(4)21-17-13-15-19-28(2)29(3)20-16-14-18-22-37(45)35(9)40-31(5)23-24-42(10,48-11)50-40/h13-16,18-19,22,25,29-32,34-40,45-46H,12,17,20-21,23-24,26-27H2,1-11H3,(H,44,47)/b15-13+,16-14+,22-18+,28-19+/t29-,30-,31-,32+,34-,35-,36-,37-,38-,39-,40+,42-,43-/m0/s1. The third-order valence-corrected chi connectivity index (χ3v) is 12.3. The number of methoxy groups -OCH3 is 1. The summed E-state index contributed by atoms with van der Waals surface area (Å²) in [5.74, 6) is 0.765. The molecule has 0 unspecified atom stereocenters. The van der Waals surface area contributed by atoms with Crippen molar-refractivity contribution in [1.82, 2.24) is 5.32 Å². The molecule has 3 heterocycles.